The lowest BCUT2D eigenvalue weighted by Gasteiger charge is -1.97. The maximum Gasteiger partial charge on any atom is 0.164 e. The summed E-state index contributed by atoms with van der Waals surface area (Å²) in [5.74, 6) is 0.0319. The van der Waals surface area contributed by atoms with Crippen LogP contribution in [0.4, 0.5) is 4.39 Å². The number of fused-ring (bicyclic) bond motifs is 1. The normalized spacial score (nSPS) is 11.1. The van der Waals surface area contributed by atoms with Crippen molar-refractivity contribution >= 4 is 22.6 Å². The Morgan fingerprint density at radius 2 is 2.11 bits per heavy atom. The lowest BCUT2D eigenvalue weighted by molar-refractivity contribution is 0.622. The monoisotopic (exact) mass is 261 g/mol. The summed E-state index contributed by atoms with van der Waals surface area (Å²) in [5.41, 5.74) is 3.46. The molecular formula is C13H9ClFN3. The summed E-state index contributed by atoms with van der Waals surface area (Å²) in [6, 6.07) is 7.22. The Bertz CT molecular complexity index is 736. The number of H-pyrrole nitrogens is 1. The molecule has 0 saturated carbocycles. The molecule has 0 radical (unpaired) electrons. The summed E-state index contributed by atoms with van der Waals surface area (Å²) in [6.07, 6.45) is 1.50. The van der Waals surface area contributed by atoms with E-state index in [2.05, 4.69) is 15.0 Å². The van der Waals surface area contributed by atoms with Crippen LogP contribution in [0.25, 0.3) is 22.4 Å². The number of imidazole rings is 1. The van der Waals surface area contributed by atoms with Crippen LogP contribution in [0.15, 0.2) is 30.5 Å². The van der Waals surface area contributed by atoms with Gasteiger partial charge in [-0.3, -0.25) is 0 Å². The van der Waals surface area contributed by atoms with E-state index in [0.717, 1.165) is 16.6 Å². The van der Waals surface area contributed by atoms with E-state index in [9.17, 15) is 4.39 Å². The zero-order valence-corrected chi connectivity index (χ0v) is 10.3. The van der Waals surface area contributed by atoms with Gasteiger partial charge in [0.25, 0.3) is 0 Å². The van der Waals surface area contributed by atoms with Crippen molar-refractivity contribution in [2.75, 3.05) is 0 Å². The second-order valence-corrected chi connectivity index (χ2v) is 4.46. The zero-order chi connectivity index (χ0) is 12.7. The molecule has 0 aliphatic heterocycles. The molecule has 0 amide bonds. The first-order valence-electron chi connectivity index (χ1n) is 5.41. The van der Waals surface area contributed by atoms with Crippen LogP contribution < -0.4 is 0 Å². The van der Waals surface area contributed by atoms with Crippen molar-refractivity contribution in [2.24, 2.45) is 0 Å². The quantitative estimate of drug-likeness (QED) is 0.678. The van der Waals surface area contributed by atoms with E-state index in [0.29, 0.717) is 11.4 Å². The summed E-state index contributed by atoms with van der Waals surface area (Å²) < 4.78 is 13.3. The number of rotatable bonds is 1. The molecule has 1 aromatic carbocycles. The van der Waals surface area contributed by atoms with Gasteiger partial charge in [0, 0.05) is 11.8 Å². The van der Waals surface area contributed by atoms with E-state index in [-0.39, 0.29) is 5.15 Å². The number of aryl methyl sites for hydroxylation is 1. The molecule has 90 valence electrons. The molecule has 0 unspecified atom stereocenters. The highest BCUT2D eigenvalue weighted by Crippen LogP contribution is 2.23. The minimum Gasteiger partial charge on any atom is -0.338 e. The van der Waals surface area contributed by atoms with Crippen molar-refractivity contribution in [1.29, 1.82) is 0 Å². The minimum atomic E-state index is -0.550. The molecule has 1 N–H and O–H groups in total. The van der Waals surface area contributed by atoms with Crippen molar-refractivity contribution in [1.82, 2.24) is 15.0 Å². The Hall–Kier alpha value is -1.94. The second kappa shape index (κ2) is 4.07. The predicted molar refractivity (Wildman–Crippen MR) is 69.0 cm³/mol. The largest absolute Gasteiger partial charge is 0.338 e. The van der Waals surface area contributed by atoms with Gasteiger partial charge in [-0.05, 0) is 30.7 Å². The number of nitrogens with one attached hydrogen (secondary N) is 1. The van der Waals surface area contributed by atoms with Crippen LogP contribution in [-0.2, 0) is 0 Å². The summed E-state index contributed by atoms with van der Waals surface area (Å²) in [7, 11) is 0. The first-order valence-corrected chi connectivity index (χ1v) is 5.79. The van der Waals surface area contributed by atoms with Crippen molar-refractivity contribution < 1.29 is 4.39 Å². The highest BCUT2D eigenvalue weighted by Gasteiger charge is 2.08. The first-order chi connectivity index (χ1) is 8.63. The van der Waals surface area contributed by atoms with Crippen molar-refractivity contribution in [2.45, 2.75) is 6.92 Å². The number of nitrogens with zero attached hydrogens (tertiary/aromatic N) is 2. The third-order valence-corrected chi connectivity index (χ3v) is 2.99. The van der Waals surface area contributed by atoms with E-state index in [4.69, 9.17) is 11.6 Å². The van der Waals surface area contributed by atoms with Crippen molar-refractivity contribution in [3.05, 3.63) is 47.0 Å². The number of halogens is 2. The fourth-order valence-electron chi connectivity index (χ4n) is 1.80. The van der Waals surface area contributed by atoms with Gasteiger partial charge in [-0.15, -0.1) is 0 Å². The lowest BCUT2D eigenvalue weighted by atomic mass is 10.2. The number of aromatic amines is 1. The van der Waals surface area contributed by atoms with Gasteiger partial charge in [0.1, 0.15) is 5.82 Å². The molecule has 0 atom stereocenters. The molecule has 0 saturated heterocycles. The Balaban J connectivity index is 2.16. The highest BCUT2D eigenvalue weighted by molar-refractivity contribution is 6.29. The van der Waals surface area contributed by atoms with Crippen LogP contribution in [-0.4, -0.2) is 15.0 Å². The SMILES string of the molecule is Cc1ccc2[nH]c(-c3cnc(Cl)c(F)c3)nc2c1. The second-order valence-electron chi connectivity index (χ2n) is 4.10. The smallest absolute Gasteiger partial charge is 0.164 e. The number of hydrogen-bond donors (Lipinski definition) is 1. The van der Waals surface area contributed by atoms with Gasteiger partial charge in [0.05, 0.1) is 11.0 Å². The molecule has 0 aliphatic carbocycles. The number of benzene rings is 1. The van der Waals surface area contributed by atoms with Crippen LogP contribution in [0.1, 0.15) is 5.56 Å². The van der Waals surface area contributed by atoms with Gasteiger partial charge in [0.15, 0.2) is 11.0 Å². The molecular weight excluding hydrogens is 253 g/mol. The fourth-order valence-corrected chi connectivity index (χ4v) is 1.91. The van der Waals surface area contributed by atoms with Crippen LogP contribution in [0.3, 0.4) is 0 Å². The zero-order valence-electron chi connectivity index (χ0n) is 9.54. The summed E-state index contributed by atoms with van der Waals surface area (Å²) in [5, 5.41) is -0.134. The van der Waals surface area contributed by atoms with Crippen LogP contribution in [0.5, 0.6) is 0 Å². The Morgan fingerprint density at radius 3 is 2.89 bits per heavy atom. The molecule has 0 fully saturated rings. The maximum atomic E-state index is 13.3. The topological polar surface area (TPSA) is 41.6 Å². The molecule has 18 heavy (non-hydrogen) atoms. The van der Waals surface area contributed by atoms with Gasteiger partial charge in [-0.25, -0.2) is 14.4 Å². The molecule has 2 heterocycles. The van der Waals surface area contributed by atoms with E-state index >= 15 is 0 Å². The van der Waals surface area contributed by atoms with Gasteiger partial charge in [-0.2, -0.15) is 0 Å². The molecule has 0 aliphatic rings. The van der Waals surface area contributed by atoms with E-state index < -0.39 is 5.82 Å². The molecule has 0 bridgehead atoms. The van der Waals surface area contributed by atoms with Crippen LogP contribution in [0, 0.1) is 12.7 Å². The highest BCUT2D eigenvalue weighted by atomic mass is 35.5. The summed E-state index contributed by atoms with van der Waals surface area (Å²) in [6.45, 7) is 2.00. The fraction of sp³-hybridized carbons (Fsp3) is 0.0769. The molecule has 2 aromatic heterocycles. The summed E-state index contributed by atoms with van der Waals surface area (Å²) >= 11 is 5.55. The van der Waals surface area contributed by atoms with Crippen LogP contribution >= 0.6 is 11.6 Å². The Labute approximate surface area is 108 Å². The standard InChI is InChI=1S/C13H9ClFN3/c1-7-2-3-10-11(4-7)18-13(17-10)8-5-9(15)12(14)16-6-8/h2-6H,1H3,(H,17,18). The molecule has 0 spiro atoms. The maximum absolute atomic E-state index is 13.3. The molecule has 3 nitrogen and oxygen atoms in total. The summed E-state index contributed by atoms with van der Waals surface area (Å²) in [4.78, 5) is 11.3. The van der Waals surface area contributed by atoms with Crippen LogP contribution in [0.2, 0.25) is 5.15 Å². The molecule has 3 aromatic rings. The number of hydrogen-bond acceptors (Lipinski definition) is 2. The average Bonchev–Trinajstić information content (AvgIpc) is 2.75. The number of aromatic nitrogens is 3. The Morgan fingerprint density at radius 1 is 1.28 bits per heavy atom. The average molecular weight is 262 g/mol. The van der Waals surface area contributed by atoms with Gasteiger partial charge < -0.3 is 4.98 Å². The molecule has 3 rings (SSSR count). The minimum absolute atomic E-state index is 0.134. The molecule has 5 heteroatoms. The van der Waals surface area contributed by atoms with Crippen molar-refractivity contribution in [3.63, 3.8) is 0 Å². The Kier molecular flexibility index (Phi) is 2.52. The predicted octanol–water partition coefficient (Wildman–Crippen LogP) is 3.73. The first kappa shape index (κ1) is 11.2. The van der Waals surface area contributed by atoms with Crippen molar-refractivity contribution in [3.8, 4) is 11.4 Å². The van der Waals surface area contributed by atoms with E-state index in [1.54, 1.807) is 0 Å². The van der Waals surface area contributed by atoms with E-state index in [1.165, 1.54) is 12.3 Å². The van der Waals surface area contributed by atoms with E-state index in [1.807, 2.05) is 25.1 Å². The van der Waals surface area contributed by atoms with Gasteiger partial charge >= 0.3 is 0 Å². The number of pyridine rings is 1. The third-order valence-electron chi connectivity index (χ3n) is 2.71. The third kappa shape index (κ3) is 1.84. The van der Waals surface area contributed by atoms with Gasteiger partial charge in [0.2, 0.25) is 0 Å². The lowest BCUT2D eigenvalue weighted by Crippen LogP contribution is -1.87. The van der Waals surface area contributed by atoms with Gasteiger partial charge in [-0.1, -0.05) is 17.7 Å².